The summed E-state index contributed by atoms with van der Waals surface area (Å²) in [6, 6.07) is 0. The molecule has 3 atom stereocenters. The predicted octanol–water partition coefficient (Wildman–Crippen LogP) is -3.06. The van der Waals surface area contributed by atoms with Crippen molar-refractivity contribution in [1.82, 2.24) is 4.90 Å². The van der Waals surface area contributed by atoms with Crippen LogP contribution >= 0.6 is 11.8 Å². The van der Waals surface area contributed by atoms with Crippen LogP contribution in [-0.4, -0.2) is 36.6 Å². The van der Waals surface area contributed by atoms with Crippen LogP contribution in [0.5, 0.6) is 0 Å². The third kappa shape index (κ3) is 2.05. The van der Waals surface area contributed by atoms with Gasteiger partial charge in [0.2, 0.25) is 5.91 Å². The van der Waals surface area contributed by atoms with Crippen molar-refractivity contribution < 1.29 is 42.4 Å². The number of carboxylic acids is 1. The number of amides is 1. The van der Waals surface area contributed by atoms with Crippen molar-refractivity contribution in [2.75, 3.05) is 0 Å². The SMILES string of the molecule is CC(O)C1C(=O)N2C(C(=O)O)=C(S/C=C/N)CC12[I-]. The molecule has 0 aromatic heterocycles. The highest BCUT2D eigenvalue weighted by atomic mass is 127. The number of aliphatic hydroxyl groups excluding tert-OH is 1. The van der Waals surface area contributed by atoms with Crippen molar-refractivity contribution in [3.63, 3.8) is 0 Å². The third-order valence-corrected chi connectivity index (χ3v) is 5.66. The minimum Gasteiger partial charge on any atom is -0.765 e. The zero-order valence-electron chi connectivity index (χ0n) is 10.0. The molecule has 0 spiro atoms. The van der Waals surface area contributed by atoms with Crippen LogP contribution in [0.15, 0.2) is 22.2 Å². The van der Waals surface area contributed by atoms with Gasteiger partial charge in [0.25, 0.3) is 0 Å². The van der Waals surface area contributed by atoms with Gasteiger partial charge >= 0.3 is 5.97 Å². The molecule has 2 rings (SSSR count). The Labute approximate surface area is 127 Å². The number of carbonyl (C=O) groups is 2. The fourth-order valence-electron chi connectivity index (χ4n) is 2.51. The molecule has 19 heavy (non-hydrogen) atoms. The van der Waals surface area contributed by atoms with Crippen LogP contribution in [0.1, 0.15) is 13.3 Å². The van der Waals surface area contributed by atoms with Gasteiger partial charge in [0.05, 0.1) is 12.0 Å². The maximum atomic E-state index is 12.0. The summed E-state index contributed by atoms with van der Waals surface area (Å²) in [6.45, 7) is 1.55. The van der Waals surface area contributed by atoms with Crippen LogP contribution in [-0.2, 0) is 9.59 Å². The first kappa shape index (κ1) is 14.7. The largest absolute Gasteiger partial charge is 0.765 e. The number of hydrogen-bond acceptors (Lipinski definition) is 5. The van der Waals surface area contributed by atoms with E-state index in [4.69, 9.17) is 5.73 Å². The lowest BCUT2D eigenvalue weighted by Crippen LogP contribution is -3.47. The molecule has 2 aliphatic heterocycles. The average Bonchev–Trinajstić information content (AvgIpc) is 2.55. The second-order valence-electron chi connectivity index (χ2n) is 4.41. The minimum atomic E-state index is -1.14. The van der Waals surface area contributed by atoms with Crippen LogP contribution in [0.25, 0.3) is 0 Å². The Hall–Kier alpha value is -0.740. The fraction of sp³-hybridized carbons (Fsp3) is 0.455. The van der Waals surface area contributed by atoms with E-state index in [0.717, 1.165) is 0 Å². The van der Waals surface area contributed by atoms with E-state index in [-0.39, 0.29) is 11.6 Å². The quantitative estimate of drug-likeness (QED) is 0.202. The van der Waals surface area contributed by atoms with Crippen molar-refractivity contribution in [3.05, 3.63) is 22.2 Å². The first-order chi connectivity index (χ1) is 8.84. The predicted molar refractivity (Wildman–Crippen MR) is 64.9 cm³/mol. The van der Waals surface area contributed by atoms with Gasteiger partial charge in [-0.25, -0.2) is 4.79 Å². The number of hydrogen-bond donors (Lipinski definition) is 3. The van der Waals surface area contributed by atoms with Crippen LogP contribution in [0.3, 0.4) is 0 Å². The number of aliphatic hydroxyl groups is 1. The molecule has 0 aliphatic carbocycles. The van der Waals surface area contributed by atoms with Crippen molar-refractivity contribution in [3.8, 4) is 0 Å². The average molecular weight is 396 g/mol. The zero-order chi connectivity index (χ0) is 14.4. The van der Waals surface area contributed by atoms with E-state index >= 15 is 0 Å². The molecule has 0 aromatic rings. The number of rotatable bonds is 4. The molecule has 0 aromatic carbocycles. The fourth-order valence-corrected chi connectivity index (χ4v) is 5.26. The van der Waals surface area contributed by atoms with Gasteiger partial charge in [-0.05, 0) is 22.3 Å². The molecule has 0 saturated carbocycles. The number of nitrogens with two attached hydrogens (primary N) is 1. The van der Waals surface area contributed by atoms with Crippen molar-refractivity contribution in [2.24, 2.45) is 11.7 Å². The van der Waals surface area contributed by atoms with Gasteiger partial charge in [0, 0.05) is 11.1 Å². The van der Waals surface area contributed by atoms with Gasteiger partial charge in [-0.2, -0.15) is 0 Å². The molecular weight excluding hydrogens is 383 g/mol. The zero-order valence-corrected chi connectivity index (χ0v) is 13.0. The summed E-state index contributed by atoms with van der Waals surface area (Å²) in [5.41, 5.74) is 5.25. The Balaban J connectivity index is 2.37. The maximum Gasteiger partial charge on any atom is 0.353 e. The van der Waals surface area contributed by atoms with Gasteiger partial charge in [-0.3, -0.25) is 4.79 Å². The lowest BCUT2D eigenvalue weighted by atomic mass is 9.83. The molecule has 3 unspecified atom stereocenters. The minimum absolute atomic E-state index is 0.000556. The standard InChI is InChI=1S/C11H13IN2O4S/c1-5(15)7-9(16)14-8(10(17)18)6(19-3-2-13)4-11(7,14)12/h2-3,5,7,15H,4,13H2,1H3,(H,17,18)/q-1/b3-2+. The summed E-state index contributed by atoms with van der Waals surface area (Å²) in [4.78, 5) is 25.2. The highest BCUT2D eigenvalue weighted by molar-refractivity contribution is 8.05. The van der Waals surface area contributed by atoms with Crippen LogP contribution in [0, 0.1) is 5.92 Å². The van der Waals surface area contributed by atoms with Crippen LogP contribution in [0.2, 0.25) is 0 Å². The molecule has 1 amide bonds. The van der Waals surface area contributed by atoms with Crippen molar-refractivity contribution in [2.45, 2.75) is 23.0 Å². The van der Waals surface area contributed by atoms with E-state index < -0.39 is 21.5 Å². The van der Waals surface area contributed by atoms with Gasteiger partial charge in [0.15, 0.2) is 0 Å². The number of halogens is 1. The second-order valence-corrected chi connectivity index (χ2v) is 7.28. The molecule has 2 heterocycles. The van der Waals surface area contributed by atoms with Gasteiger partial charge < -0.3 is 43.4 Å². The molecule has 8 heteroatoms. The van der Waals surface area contributed by atoms with Crippen LogP contribution in [0.4, 0.5) is 0 Å². The highest BCUT2D eigenvalue weighted by Crippen LogP contribution is 2.50. The lowest BCUT2D eigenvalue weighted by molar-refractivity contribution is -0.538. The third-order valence-electron chi connectivity index (χ3n) is 3.20. The molecule has 105 valence electrons. The monoisotopic (exact) mass is 396 g/mol. The topological polar surface area (TPSA) is 104 Å². The Bertz CT molecular complexity index is 505. The maximum absolute atomic E-state index is 12.0. The number of aliphatic carboxylic acids is 1. The molecule has 4 N–H and O–H groups in total. The van der Waals surface area contributed by atoms with Gasteiger partial charge in [-0.1, -0.05) is 11.8 Å². The Morgan fingerprint density at radius 3 is 2.84 bits per heavy atom. The van der Waals surface area contributed by atoms with E-state index in [9.17, 15) is 19.8 Å². The number of alkyl halides is 1. The molecule has 2 aliphatic rings. The van der Waals surface area contributed by atoms with E-state index in [1.165, 1.54) is 22.9 Å². The normalized spacial score (nSPS) is 31.6. The number of carboxylic acid groups (broad SMARTS) is 1. The van der Waals surface area contributed by atoms with Crippen molar-refractivity contribution >= 4 is 23.6 Å². The molecule has 1 fully saturated rings. The first-order valence-corrected chi connectivity index (χ1v) is 7.51. The van der Waals surface area contributed by atoms with E-state index in [1.54, 1.807) is 12.3 Å². The van der Waals surface area contributed by atoms with E-state index in [1.807, 2.05) is 0 Å². The summed E-state index contributed by atoms with van der Waals surface area (Å²) in [6.07, 6.45) is 0.927. The lowest BCUT2D eigenvalue weighted by Gasteiger charge is -2.61. The van der Waals surface area contributed by atoms with Crippen LogP contribution < -0.4 is 28.3 Å². The summed E-state index contributed by atoms with van der Waals surface area (Å²) in [7, 11) is 0. The molecule has 0 bridgehead atoms. The second kappa shape index (κ2) is 4.98. The smallest absolute Gasteiger partial charge is 0.353 e. The summed E-state index contributed by atoms with van der Waals surface area (Å²) < 4.78 is -0.679. The summed E-state index contributed by atoms with van der Waals surface area (Å²) in [5.74, 6) is -2.04. The molecular formula is C11H13IN2O4S-. The van der Waals surface area contributed by atoms with E-state index in [0.29, 0.717) is 11.3 Å². The summed E-state index contributed by atoms with van der Waals surface area (Å²) >= 11 is 3.25. The molecule has 1 saturated heterocycles. The number of carbonyl (C=O) groups excluding carboxylic acids is 1. The number of β-lactam (4-membered cyclic amide) rings is 1. The Kier molecular flexibility index (Phi) is 3.85. The number of nitrogens with zero attached hydrogens (tertiary/aromatic N) is 1. The van der Waals surface area contributed by atoms with Crippen molar-refractivity contribution in [1.29, 1.82) is 0 Å². The Morgan fingerprint density at radius 1 is 1.74 bits per heavy atom. The number of thioether (sulfide) groups is 1. The first-order valence-electron chi connectivity index (χ1n) is 5.55. The molecule has 6 nitrogen and oxygen atoms in total. The van der Waals surface area contributed by atoms with E-state index in [2.05, 4.69) is 22.6 Å². The Morgan fingerprint density at radius 2 is 2.37 bits per heavy atom. The molecule has 1 radical (unpaired) electrons. The van der Waals surface area contributed by atoms with Gasteiger partial charge in [0.1, 0.15) is 5.70 Å². The summed E-state index contributed by atoms with van der Waals surface area (Å²) in [5, 5.41) is 20.5. The van der Waals surface area contributed by atoms with Gasteiger partial charge in [-0.15, -0.1) is 0 Å². The highest BCUT2D eigenvalue weighted by Gasteiger charge is 2.59. The number of fused-ring (bicyclic) bond motifs is 1.